The lowest BCUT2D eigenvalue weighted by molar-refractivity contribution is 0.437. The standard InChI is InChI=1S/C11H20N6S/c1-16(2)7-8-18-11-14-9(12)13-10(15-11)17-5-3-4-6-17/h3-8H2,1-2H3,(H2,12,13,14,15). The SMILES string of the molecule is CN(C)CCSc1nc(N)nc(N2CCCC2)n1. The molecule has 1 aliphatic rings. The molecular formula is C11H20N6S. The van der Waals surface area contributed by atoms with Crippen LogP contribution in [-0.2, 0) is 0 Å². The molecule has 0 spiro atoms. The number of nitrogens with zero attached hydrogens (tertiary/aromatic N) is 5. The predicted molar refractivity (Wildman–Crippen MR) is 75.0 cm³/mol. The van der Waals surface area contributed by atoms with E-state index in [-0.39, 0.29) is 0 Å². The van der Waals surface area contributed by atoms with Gasteiger partial charge in [0.05, 0.1) is 0 Å². The minimum Gasteiger partial charge on any atom is -0.368 e. The lowest BCUT2D eigenvalue weighted by atomic mass is 10.4. The first-order valence-corrected chi connectivity index (χ1v) is 7.18. The third kappa shape index (κ3) is 3.71. The van der Waals surface area contributed by atoms with Gasteiger partial charge in [-0.15, -0.1) is 0 Å². The van der Waals surface area contributed by atoms with Crippen molar-refractivity contribution in [2.75, 3.05) is 50.1 Å². The van der Waals surface area contributed by atoms with Gasteiger partial charge in [-0.1, -0.05) is 11.8 Å². The van der Waals surface area contributed by atoms with Crippen LogP contribution in [0.4, 0.5) is 11.9 Å². The van der Waals surface area contributed by atoms with Crippen molar-refractivity contribution in [2.24, 2.45) is 0 Å². The Labute approximate surface area is 112 Å². The normalized spacial score (nSPS) is 15.6. The Morgan fingerprint density at radius 1 is 1.22 bits per heavy atom. The molecule has 0 saturated carbocycles. The Hall–Kier alpha value is -1.08. The molecule has 1 saturated heterocycles. The van der Waals surface area contributed by atoms with Crippen LogP contribution in [0, 0.1) is 0 Å². The van der Waals surface area contributed by atoms with E-state index in [2.05, 4.69) is 38.8 Å². The molecule has 0 bridgehead atoms. The highest BCUT2D eigenvalue weighted by Crippen LogP contribution is 2.20. The van der Waals surface area contributed by atoms with E-state index in [1.807, 2.05) is 0 Å². The summed E-state index contributed by atoms with van der Waals surface area (Å²) in [5.74, 6) is 2.00. The van der Waals surface area contributed by atoms with E-state index in [1.165, 1.54) is 12.8 Å². The Kier molecular flexibility index (Phi) is 4.60. The first kappa shape index (κ1) is 13.4. The molecule has 1 aliphatic heterocycles. The molecular weight excluding hydrogens is 248 g/mol. The molecule has 2 heterocycles. The molecule has 2 rings (SSSR count). The van der Waals surface area contributed by atoms with Crippen molar-refractivity contribution >= 4 is 23.7 Å². The number of aromatic nitrogens is 3. The third-order valence-corrected chi connectivity index (χ3v) is 3.61. The summed E-state index contributed by atoms with van der Waals surface area (Å²) in [6.07, 6.45) is 2.41. The van der Waals surface area contributed by atoms with Crippen molar-refractivity contribution in [1.82, 2.24) is 19.9 Å². The first-order chi connectivity index (χ1) is 8.65. The van der Waals surface area contributed by atoms with E-state index in [4.69, 9.17) is 5.73 Å². The van der Waals surface area contributed by atoms with Crippen LogP contribution in [0.2, 0.25) is 0 Å². The molecule has 1 fully saturated rings. The Morgan fingerprint density at radius 2 is 1.94 bits per heavy atom. The lowest BCUT2D eigenvalue weighted by Crippen LogP contribution is -2.21. The molecule has 0 atom stereocenters. The smallest absolute Gasteiger partial charge is 0.231 e. The van der Waals surface area contributed by atoms with Gasteiger partial charge in [0, 0.05) is 25.4 Å². The predicted octanol–water partition coefficient (Wildman–Crippen LogP) is 0.708. The van der Waals surface area contributed by atoms with Crippen LogP contribution in [0.5, 0.6) is 0 Å². The van der Waals surface area contributed by atoms with E-state index in [0.29, 0.717) is 5.95 Å². The Morgan fingerprint density at radius 3 is 2.61 bits per heavy atom. The van der Waals surface area contributed by atoms with Gasteiger partial charge in [0.25, 0.3) is 0 Å². The fourth-order valence-corrected chi connectivity index (χ4v) is 2.75. The van der Waals surface area contributed by atoms with Crippen LogP contribution >= 0.6 is 11.8 Å². The molecule has 0 aliphatic carbocycles. The fraction of sp³-hybridized carbons (Fsp3) is 0.727. The summed E-state index contributed by atoms with van der Waals surface area (Å²) >= 11 is 1.63. The maximum absolute atomic E-state index is 5.75. The van der Waals surface area contributed by atoms with Crippen molar-refractivity contribution < 1.29 is 0 Å². The maximum Gasteiger partial charge on any atom is 0.231 e. The quantitative estimate of drug-likeness (QED) is 0.788. The Balaban J connectivity index is 2.01. The zero-order valence-electron chi connectivity index (χ0n) is 11.0. The Bertz CT molecular complexity index is 391. The fourth-order valence-electron chi connectivity index (χ4n) is 1.80. The van der Waals surface area contributed by atoms with Crippen LogP contribution in [-0.4, -0.2) is 59.3 Å². The molecule has 0 aromatic carbocycles. The van der Waals surface area contributed by atoms with Crippen molar-refractivity contribution in [1.29, 1.82) is 0 Å². The largest absolute Gasteiger partial charge is 0.368 e. The van der Waals surface area contributed by atoms with Gasteiger partial charge in [0.2, 0.25) is 11.9 Å². The molecule has 0 amide bonds. The third-order valence-electron chi connectivity index (χ3n) is 2.78. The molecule has 0 radical (unpaired) electrons. The van der Waals surface area contributed by atoms with Gasteiger partial charge < -0.3 is 15.5 Å². The minimum atomic E-state index is 0.319. The summed E-state index contributed by atoms with van der Waals surface area (Å²) in [5, 5.41) is 0.728. The lowest BCUT2D eigenvalue weighted by Gasteiger charge is -2.15. The average Bonchev–Trinajstić information content (AvgIpc) is 2.81. The number of nitrogen functional groups attached to an aromatic ring is 1. The molecule has 7 heteroatoms. The molecule has 1 aromatic rings. The number of nitrogens with two attached hydrogens (primary N) is 1. The van der Waals surface area contributed by atoms with Gasteiger partial charge in [-0.2, -0.15) is 15.0 Å². The van der Waals surface area contributed by atoms with Gasteiger partial charge in [-0.3, -0.25) is 0 Å². The average molecular weight is 268 g/mol. The monoisotopic (exact) mass is 268 g/mol. The summed E-state index contributed by atoms with van der Waals surface area (Å²) < 4.78 is 0. The number of anilines is 2. The van der Waals surface area contributed by atoms with Crippen molar-refractivity contribution in [3.63, 3.8) is 0 Å². The summed E-state index contributed by atoms with van der Waals surface area (Å²) in [5.41, 5.74) is 5.75. The van der Waals surface area contributed by atoms with Gasteiger partial charge in [0.1, 0.15) is 0 Å². The zero-order chi connectivity index (χ0) is 13.0. The van der Waals surface area contributed by atoms with Crippen molar-refractivity contribution in [3.8, 4) is 0 Å². The van der Waals surface area contributed by atoms with Crippen LogP contribution < -0.4 is 10.6 Å². The summed E-state index contributed by atoms with van der Waals surface area (Å²) in [6, 6.07) is 0. The van der Waals surface area contributed by atoms with Gasteiger partial charge >= 0.3 is 0 Å². The van der Waals surface area contributed by atoms with E-state index in [0.717, 1.165) is 36.5 Å². The second-order valence-corrected chi connectivity index (χ2v) is 5.68. The molecule has 2 N–H and O–H groups in total. The van der Waals surface area contributed by atoms with Crippen LogP contribution in [0.25, 0.3) is 0 Å². The highest BCUT2D eigenvalue weighted by atomic mass is 32.2. The van der Waals surface area contributed by atoms with Crippen molar-refractivity contribution in [2.45, 2.75) is 18.0 Å². The number of hydrogen-bond acceptors (Lipinski definition) is 7. The van der Waals surface area contributed by atoms with Gasteiger partial charge in [-0.25, -0.2) is 0 Å². The molecule has 100 valence electrons. The van der Waals surface area contributed by atoms with Crippen molar-refractivity contribution in [3.05, 3.63) is 0 Å². The zero-order valence-corrected chi connectivity index (χ0v) is 11.8. The van der Waals surface area contributed by atoms with Gasteiger partial charge in [0.15, 0.2) is 5.16 Å². The minimum absolute atomic E-state index is 0.319. The van der Waals surface area contributed by atoms with E-state index < -0.39 is 0 Å². The molecule has 0 unspecified atom stereocenters. The molecule has 6 nitrogen and oxygen atoms in total. The summed E-state index contributed by atoms with van der Waals surface area (Å²) in [4.78, 5) is 17.2. The summed E-state index contributed by atoms with van der Waals surface area (Å²) in [6.45, 7) is 3.03. The van der Waals surface area contributed by atoms with Crippen LogP contribution in [0.3, 0.4) is 0 Å². The van der Waals surface area contributed by atoms with E-state index >= 15 is 0 Å². The first-order valence-electron chi connectivity index (χ1n) is 6.19. The molecule has 1 aromatic heterocycles. The topological polar surface area (TPSA) is 71.2 Å². The van der Waals surface area contributed by atoms with Crippen LogP contribution in [0.1, 0.15) is 12.8 Å². The maximum atomic E-state index is 5.75. The number of rotatable bonds is 5. The number of hydrogen-bond donors (Lipinski definition) is 1. The van der Waals surface area contributed by atoms with Gasteiger partial charge in [-0.05, 0) is 26.9 Å². The van der Waals surface area contributed by atoms with E-state index in [1.54, 1.807) is 11.8 Å². The molecule has 18 heavy (non-hydrogen) atoms. The van der Waals surface area contributed by atoms with E-state index in [9.17, 15) is 0 Å². The highest BCUT2D eigenvalue weighted by Gasteiger charge is 2.16. The van der Waals surface area contributed by atoms with Crippen LogP contribution in [0.15, 0.2) is 5.16 Å². The number of thioether (sulfide) groups is 1. The second-order valence-electron chi connectivity index (χ2n) is 4.62. The summed E-state index contributed by atoms with van der Waals surface area (Å²) in [7, 11) is 4.11. The second kappa shape index (κ2) is 6.19. The highest BCUT2D eigenvalue weighted by molar-refractivity contribution is 7.99.